The Morgan fingerprint density at radius 1 is 0.910 bits per heavy atom. The maximum absolute atomic E-state index is 14.4. The van der Waals surface area contributed by atoms with Crippen molar-refractivity contribution in [2.24, 2.45) is 17.8 Å². The quantitative estimate of drug-likeness (QED) is 0.0747. The Morgan fingerprint density at radius 3 is 2.10 bits per heavy atom. The van der Waals surface area contributed by atoms with Crippen molar-refractivity contribution in [3.05, 3.63) is 76.2 Å². The van der Waals surface area contributed by atoms with Crippen molar-refractivity contribution in [2.75, 3.05) is 59.6 Å². The van der Waals surface area contributed by atoms with Gasteiger partial charge in [0.25, 0.3) is 0 Å². The molecule has 0 bridgehead atoms. The maximum Gasteiger partial charge on any atom is 0.411 e. The second kappa shape index (κ2) is 25.3. The largest absolute Gasteiger partial charge is 0.444 e. The van der Waals surface area contributed by atoms with Crippen LogP contribution < -0.4 is 21.3 Å². The first-order chi connectivity index (χ1) is 31.8. The van der Waals surface area contributed by atoms with Gasteiger partial charge in [0.2, 0.25) is 23.6 Å². The van der Waals surface area contributed by atoms with Crippen LogP contribution in [0.2, 0.25) is 0 Å². The Hall–Kier alpha value is -5.10. The zero-order valence-electron chi connectivity index (χ0n) is 41.9. The highest BCUT2D eigenvalue weighted by atomic mass is 32.1. The van der Waals surface area contributed by atoms with Crippen molar-refractivity contribution >= 4 is 52.4 Å². The molecule has 0 radical (unpaired) electrons. The third-order valence-corrected chi connectivity index (χ3v) is 14.4. The Morgan fingerprint density at radius 2 is 1.55 bits per heavy atom. The summed E-state index contributed by atoms with van der Waals surface area (Å²) >= 11 is 1.45. The predicted octanol–water partition coefficient (Wildman–Crippen LogP) is 6.73. The predicted molar refractivity (Wildman–Crippen MR) is 264 cm³/mol. The topological polar surface area (TPSA) is 184 Å². The Kier molecular flexibility index (Phi) is 20.6. The SMILES string of the molecule is CC[C@H](C)[C@@H]([C@@H](CC(=O)N1CCC[C@H]1[C@H](OC)[C@@H](C)C(=O)N[C@@H](Cc1ccc(NC(=O)OCc2ccc(NC)cc2)cc1)c1nccs1)OC)N(C)C(=O)[C@@H](NC(=O)C(C)(C)N(C)C)C(C)C. The molecule has 8 atom stereocenters. The summed E-state index contributed by atoms with van der Waals surface area (Å²) in [5, 5.41) is 14.7. The van der Waals surface area contributed by atoms with Crippen LogP contribution >= 0.6 is 11.3 Å². The molecule has 0 spiro atoms. The van der Waals surface area contributed by atoms with Gasteiger partial charge in [0.1, 0.15) is 17.7 Å². The number of aromatic nitrogens is 1. The molecule has 1 aromatic heterocycles. The molecule has 1 saturated heterocycles. The summed E-state index contributed by atoms with van der Waals surface area (Å²) < 4.78 is 17.6. The van der Waals surface area contributed by atoms with Gasteiger partial charge in [0.15, 0.2) is 0 Å². The summed E-state index contributed by atoms with van der Waals surface area (Å²) in [4.78, 5) is 78.7. The molecule has 1 aliphatic rings. The van der Waals surface area contributed by atoms with Gasteiger partial charge < -0.3 is 40.0 Å². The lowest BCUT2D eigenvalue weighted by Crippen LogP contribution is -2.61. The summed E-state index contributed by atoms with van der Waals surface area (Å²) in [6, 6.07) is 12.9. The van der Waals surface area contributed by atoms with Gasteiger partial charge in [-0.2, -0.15) is 0 Å². The van der Waals surface area contributed by atoms with E-state index < -0.39 is 47.9 Å². The van der Waals surface area contributed by atoms with E-state index in [4.69, 9.17) is 14.2 Å². The lowest BCUT2D eigenvalue weighted by atomic mass is 9.89. The molecule has 4 N–H and O–H groups in total. The molecule has 3 aromatic rings. The summed E-state index contributed by atoms with van der Waals surface area (Å²) in [6.45, 7) is 14.0. The van der Waals surface area contributed by atoms with E-state index in [-0.39, 0.29) is 54.5 Å². The monoisotopic (exact) mass is 949 g/mol. The average Bonchev–Trinajstić information content (AvgIpc) is 4.04. The molecule has 0 aliphatic carbocycles. The normalized spacial score (nSPS) is 17.2. The molecule has 1 aliphatic heterocycles. The van der Waals surface area contributed by atoms with Crippen LogP contribution in [0, 0.1) is 17.8 Å². The lowest BCUT2D eigenvalue weighted by molar-refractivity contribution is -0.148. The van der Waals surface area contributed by atoms with Gasteiger partial charge in [-0.3, -0.25) is 29.4 Å². The van der Waals surface area contributed by atoms with Crippen LogP contribution in [0.5, 0.6) is 0 Å². The molecule has 2 heterocycles. The van der Waals surface area contributed by atoms with Gasteiger partial charge in [-0.25, -0.2) is 9.78 Å². The standard InChI is InChI=1S/C50H76N8O8S/c1-14-32(4)43(57(11)47(61)42(31(2)3)55-48(62)50(6,7)56(9)10)40(64-12)29-41(59)58-26-15-16-39(58)44(65-13)33(5)45(60)54-38(46-52-25-27-67-46)28-34-17-23-37(24-18-34)53-49(63)66-30-35-19-21-36(51-8)22-20-35/h17-25,27,31-33,38-40,42-44,51H,14-16,26,28-30H2,1-13H3,(H,53,63)(H,54,60)(H,55,62)/t32-,33+,38-,39-,40+,42-,43-,44+/m0/s1. The number of likely N-dealkylation sites (tertiary alicyclic amines) is 1. The maximum atomic E-state index is 14.4. The number of rotatable bonds is 24. The molecule has 370 valence electrons. The van der Waals surface area contributed by atoms with E-state index in [9.17, 15) is 24.0 Å². The number of nitrogens with zero attached hydrogens (tertiary/aromatic N) is 4. The number of carbonyl (C=O) groups excluding carboxylic acids is 5. The number of methoxy groups -OCH3 is 2. The number of carbonyl (C=O) groups is 5. The highest BCUT2D eigenvalue weighted by Gasteiger charge is 2.44. The number of benzene rings is 2. The van der Waals surface area contributed by atoms with Crippen molar-refractivity contribution in [3.63, 3.8) is 0 Å². The molecule has 5 amide bonds. The molecule has 2 aromatic carbocycles. The number of anilines is 2. The number of ether oxygens (including phenoxy) is 3. The van der Waals surface area contributed by atoms with Crippen LogP contribution in [0.25, 0.3) is 0 Å². The minimum atomic E-state index is -0.843. The van der Waals surface area contributed by atoms with Gasteiger partial charge in [0, 0.05) is 57.8 Å². The van der Waals surface area contributed by atoms with E-state index >= 15 is 0 Å². The Labute approximate surface area is 402 Å². The second-order valence-corrected chi connectivity index (χ2v) is 19.6. The molecule has 67 heavy (non-hydrogen) atoms. The molecule has 0 unspecified atom stereocenters. The second-order valence-electron chi connectivity index (χ2n) is 18.7. The highest BCUT2D eigenvalue weighted by Crippen LogP contribution is 2.31. The molecule has 0 saturated carbocycles. The van der Waals surface area contributed by atoms with Crippen molar-refractivity contribution in [1.29, 1.82) is 0 Å². The van der Waals surface area contributed by atoms with Crippen LogP contribution in [0.1, 0.15) is 96.3 Å². The Bertz CT molecular complexity index is 2050. The van der Waals surface area contributed by atoms with E-state index in [0.29, 0.717) is 25.1 Å². The van der Waals surface area contributed by atoms with Gasteiger partial charge in [-0.05, 0) is 94.4 Å². The van der Waals surface area contributed by atoms with Crippen LogP contribution in [-0.4, -0.2) is 134 Å². The number of hydrogen-bond donors (Lipinski definition) is 4. The smallest absolute Gasteiger partial charge is 0.411 e. The fourth-order valence-electron chi connectivity index (χ4n) is 8.50. The van der Waals surface area contributed by atoms with E-state index in [0.717, 1.165) is 34.7 Å². The molecule has 16 nitrogen and oxygen atoms in total. The van der Waals surface area contributed by atoms with Gasteiger partial charge in [0.05, 0.1) is 48.2 Å². The number of nitrogens with one attached hydrogen (secondary N) is 4. The third-order valence-electron chi connectivity index (χ3n) is 13.5. The van der Waals surface area contributed by atoms with Gasteiger partial charge in [-0.1, -0.05) is 65.3 Å². The summed E-state index contributed by atoms with van der Waals surface area (Å²) in [5.41, 5.74) is 2.48. The van der Waals surface area contributed by atoms with E-state index in [1.165, 1.54) is 11.3 Å². The third kappa shape index (κ3) is 14.5. The number of amides is 5. The van der Waals surface area contributed by atoms with Crippen molar-refractivity contribution in [1.82, 2.24) is 30.3 Å². The number of thiazole rings is 1. The molecule has 17 heteroatoms. The fourth-order valence-corrected chi connectivity index (χ4v) is 9.19. The number of hydrogen-bond acceptors (Lipinski definition) is 12. The van der Waals surface area contributed by atoms with E-state index in [1.54, 1.807) is 44.5 Å². The van der Waals surface area contributed by atoms with Crippen LogP contribution in [0.3, 0.4) is 0 Å². The summed E-state index contributed by atoms with van der Waals surface area (Å²) in [5.74, 6) is -1.76. The minimum absolute atomic E-state index is 0.0101. The van der Waals surface area contributed by atoms with Crippen LogP contribution in [0.15, 0.2) is 60.1 Å². The van der Waals surface area contributed by atoms with Crippen LogP contribution in [-0.2, 0) is 46.4 Å². The first-order valence-corrected chi connectivity index (χ1v) is 24.2. The zero-order chi connectivity index (χ0) is 49.6. The van der Waals surface area contributed by atoms with Crippen molar-refractivity contribution in [2.45, 2.75) is 129 Å². The van der Waals surface area contributed by atoms with Crippen molar-refractivity contribution in [3.8, 4) is 0 Å². The summed E-state index contributed by atoms with van der Waals surface area (Å²) in [6.07, 6.45) is 2.44. The number of likely N-dealkylation sites (N-methyl/N-ethyl adjacent to an activating group) is 2. The van der Waals surface area contributed by atoms with Crippen molar-refractivity contribution < 1.29 is 38.2 Å². The fraction of sp³-hybridized carbons (Fsp3) is 0.600. The highest BCUT2D eigenvalue weighted by molar-refractivity contribution is 7.09. The molecular formula is C50H76N8O8S. The zero-order valence-corrected chi connectivity index (χ0v) is 42.7. The average molecular weight is 949 g/mol. The molecule has 1 fully saturated rings. The summed E-state index contributed by atoms with van der Waals surface area (Å²) in [7, 11) is 10.4. The first-order valence-electron chi connectivity index (χ1n) is 23.4. The van der Waals surface area contributed by atoms with E-state index in [2.05, 4.69) is 26.3 Å². The van der Waals surface area contributed by atoms with Gasteiger partial charge >= 0.3 is 6.09 Å². The van der Waals surface area contributed by atoms with Crippen LogP contribution in [0.4, 0.5) is 16.2 Å². The minimum Gasteiger partial charge on any atom is -0.444 e. The van der Waals surface area contributed by atoms with Gasteiger partial charge in [-0.15, -0.1) is 11.3 Å². The van der Waals surface area contributed by atoms with E-state index in [1.807, 2.05) is 121 Å². The first kappa shape index (κ1) is 54.5. The molecule has 4 rings (SSSR count). The Balaban J connectivity index is 1.43. The lowest BCUT2D eigenvalue weighted by Gasteiger charge is -2.41. The molecular weight excluding hydrogens is 873 g/mol.